The number of rotatable bonds is 3. The first-order valence-electron chi connectivity index (χ1n) is 5.89. The molecular formula is C14H24. The molecule has 14 heavy (non-hydrogen) atoms. The lowest BCUT2D eigenvalue weighted by Gasteiger charge is -2.11. The van der Waals surface area contributed by atoms with Crippen LogP contribution < -0.4 is 0 Å². The molecule has 0 aromatic carbocycles. The summed E-state index contributed by atoms with van der Waals surface area (Å²) < 4.78 is 0. The van der Waals surface area contributed by atoms with Crippen molar-refractivity contribution in [2.45, 2.75) is 53.4 Å². The van der Waals surface area contributed by atoms with Crippen molar-refractivity contribution in [2.24, 2.45) is 11.8 Å². The van der Waals surface area contributed by atoms with E-state index in [1.54, 1.807) is 11.1 Å². The Hall–Kier alpha value is -0.520. The molecule has 1 saturated carbocycles. The molecule has 2 atom stereocenters. The van der Waals surface area contributed by atoms with E-state index in [0.717, 1.165) is 24.7 Å². The highest BCUT2D eigenvalue weighted by atomic mass is 14.3. The van der Waals surface area contributed by atoms with Crippen LogP contribution in [0.2, 0.25) is 0 Å². The Morgan fingerprint density at radius 2 is 2.07 bits per heavy atom. The van der Waals surface area contributed by atoms with Gasteiger partial charge in [0.15, 0.2) is 0 Å². The molecule has 0 aromatic rings. The van der Waals surface area contributed by atoms with Crippen molar-refractivity contribution in [3.8, 4) is 0 Å². The van der Waals surface area contributed by atoms with E-state index in [2.05, 4.69) is 34.3 Å². The van der Waals surface area contributed by atoms with Crippen molar-refractivity contribution in [3.05, 3.63) is 23.3 Å². The predicted octanol–water partition coefficient (Wildman–Crippen LogP) is 4.73. The summed E-state index contributed by atoms with van der Waals surface area (Å²) in [7, 11) is 0. The van der Waals surface area contributed by atoms with Crippen molar-refractivity contribution in [2.75, 3.05) is 0 Å². The monoisotopic (exact) mass is 192 g/mol. The predicted molar refractivity (Wildman–Crippen MR) is 64.3 cm³/mol. The minimum atomic E-state index is 0.814. The van der Waals surface area contributed by atoms with Gasteiger partial charge in [0, 0.05) is 0 Å². The zero-order chi connectivity index (χ0) is 10.7. The van der Waals surface area contributed by atoms with E-state index < -0.39 is 0 Å². The highest BCUT2D eigenvalue weighted by Gasteiger charge is 2.24. The standard InChI is InChI=1S/C14H24/c1-6-10(2)7-12(4)14-9-11(3)8-13(14)5/h11,13H,2,6-9H2,1,3-5H3/b14-12+. The van der Waals surface area contributed by atoms with Gasteiger partial charge in [-0.1, -0.05) is 44.1 Å². The third-order valence-electron chi connectivity index (χ3n) is 3.48. The molecule has 2 unspecified atom stereocenters. The molecule has 0 aliphatic heterocycles. The lowest BCUT2D eigenvalue weighted by molar-refractivity contribution is 0.563. The first-order valence-corrected chi connectivity index (χ1v) is 5.89. The average Bonchev–Trinajstić information content (AvgIpc) is 2.45. The second-order valence-electron chi connectivity index (χ2n) is 5.03. The molecule has 0 heteroatoms. The average molecular weight is 192 g/mol. The van der Waals surface area contributed by atoms with Crippen LogP contribution in [0.15, 0.2) is 23.3 Å². The van der Waals surface area contributed by atoms with Crippen molar-refractivity contribution < 1.29 is 0 Å². The summed E-state index contributed by atoms with van der Waals surface area (Å²) in [6.07, 6.45) is 4.95. The van der Waals surface area contributed by atoms with Crippen LogP contribution in [-0.4, -0.2) is 0 Å². The van der Waals surface area contributed by atoms with E-state index in [1.807, 2.05) is 0 Å². The second kappa shape index (κ2) is 4.82. The fourth-order valence-corrected chi connectivity index (χ4v) is 2.61. The fraction of sp³-hybridized carbons (Fsp3) is 0.714. The van der Waals surface area contributed by atoms with Crippen LogP contribution in [0.5, 0.6) is 0 Å². The Bertz CT molecular complexity index is 245. The van der Waals surface area contributed by atoms with E-state index in [1.165, 1.54) is 18.4 Å². The fourth-order valence-electron chi connectivity index (χ4n) is 2.61. The summed E-state index contributed by atoms with van der Waals surface area (Å²) in [5.74, 6) is 1.71. The summed E-state index contributed by atoms with van der Waals surface area (Å²) in [5.41, 5.74) is 4.68. The van der Waals surface area contributed by atoms with Crippen LogP contribution in [0.1, 0.15) is 53.4 Å². The van der Waals surface area contributed by atoms with Crippen LogP contribution in [0.4, 0.5) is 0 Å². The highest BCUT2D eigenvalue weighted by molar-refractivity contribution is 5.23. The van der Waals surface area contributed by atoms with Crippen LogP contribution in [0.3, 0.4) is 0 Å². The summed E-state index contributed by atoms with van der Waals surface area (Å²) >= 11 is 0. The zero-order valence-corrected chi connectivity index (χ0v) is 10.2. The maximum atomic E-state index is 4.09. The van der Waals surface area contributed by atoms with Gasteiger partial charge >= 0.3 is 0 Å². The largest absolute Gasteiger partial charge is 0.0995 e. The van der Waals surface area contributed by atoms with Gasteiger partial charge in [-0.3, -0.25) is 0 Å². The first kappa shape index (κ1) is 11.6. The SMILES string of the molecule is C=C(CC)C/C(C)=C1\CC(C)CC1C. The van der Waals surface area contributed by atoms with E-state index in [4.69, 9.17) is 0 Å². The maximum Gasteiger partial charge on any atom is -0.0111 e. The smallest absolute Gasteiger partial charge is 0.0111 e. The van der Waals surface area contributed by atoms with E-state index in [0.29, 0.717) is 0 Å². The van der Waals surface area contributed by atoms with E-state index in [-0.39, 0.29) is 0 Å². The van der Waals surface area contributed by atoms with Crippen LogP contribution >= 0.6 is 0 Å². The maximum absolute atomic E-state index is 4.09. The minimum Gasteiger partial charge on any atom is -0.0995 e. The quantitative estimate of drug-likeness (QED) is 0.567. The Kier molecular flexibility index (Phi) is 3.97. The molecule has 0 aromatic heterocycles. The van der Waals surface area contributed by atoms with Gasteiger partial charge in [-0.15, -0.1) is 0 Å². The van der Waals surface area contributed by atoms with Gasteiger partial charge in [0.1, 0.15) is 0 Å². The number of hydrogen-bond acceptors (Lipinski definition) is 0. The van der Waals surface area contributed by atoms with Gasteiger partial charge < -0.3 is 0 Å². The Morgan fingerprint density at radius 3 is 2.50 bits per heavy atom. The third-order valence-corrected chi connectivity index (χ3v) is 3.48. The van der Waals surface area contributed by atoms with Crippen LogP contribution in [0, 0.1) is 11.8 Å². The van der Waals surface area contributed by atoms with Crippen molar-refractivity contribution in [3.63, 3.8) is 0 Å². The van der Waals surface area contributed by atoms with Crippen molar-refractivity contribution >= 4 is 0 Å². The molecule has 0 radical (unpaired) electrons. The molecule has 1 aliphatic rings. The topological polar surface area (TPSA) is 0 Å². The lowest BCUT2D eigenvalue weighted by atomic mass is 9.95. The Morgan fingerprint density at radius 1 is 1.43 bits per heavy atom. The van der Waals surface area contributed by atoms with E-state index in [9.17, 15) is 0 Å². The van der Waals surface area contributed by atoms with Gasteiger partial charge in [0.25, 0.3) is 0 Å². The molecule has 0 nitrogen and oxygen atoms in total. The normalized spacial score (nSPS) is 30.6. The Balaban J connectivity index is 2.68. The Labute approximate surface area is 89.1 Å². The minimum absolute atomic E-state index is 0.814. The molecular weight excluding hydrogens is 168 g/mol. The molecule has 0 N–H and O–H groups in total. The second-order valence-corrected chi connectivity index (χ2v) is 5.03. The van der Waals surface area contributed by atoms with Crippen molar-refractivity contribution in [1.29, 1.82) is 0 Å². The zero-order valence-electron chi connectivity index (χ0n) is 10.2. The van der Waals surface area contributed by atoms with Gasteiger partial charge in [0.05, 0.1) is 0 Å². The van der Waals surface area contributed by atoms with Gasteiger partial charge in [0.2, 0.25) is 0 Å². The first-order chi connectivity index (χ1) is 6.54. The summed E-state index contributed by atoms with van der Waals surface area (Å²) in [4.78, 5) is 0. The van der Waals surface area contributed by atoms with Gasteiger partial charge in [-0.05, 0) is 44.4 Å². The molecule has 80 valence electrons. The van der Waals surface area contributed by atoms with Crippen molar-refractivity contribution in [1.82, 2.24) is 0 Å². The van der Waals surface area contributed by atoms with E-state index >= 15 is 0 Å². The highest BCUT2D eigenvalue weighted by Crippen LogP contribution is 2.38. The van der Waals surface area contributed by atoms with Crippen LogP contribution in [-0.2, 0) is 0 Å². The van der Waals surface area contributed by atoms with Crippen LogP contribution in [0.25, 0.3) is 0 Å². The third kappa shape index (κ3) is 2.73. The molecule has 0 spiro atoms. The molecule has 1 aliphatic carbocycles. The molecule has 1 rings (SSSR count). The summed E-state index contributed by atoms with van der Waals surface area (Å²) in [5, 5.41) is 0. The van der Waals surface area contributed by atoms with Gasteiger partial charge in [-0.2, -0.15) is 0 Å². The molecule has 0 saturated heterocycles. The lowest BCUT2D eigenvalue weighted by Crippen LogP contribution is -1.94. The molecule has 1 fully saturated rings. The summed E-state index contributed by atoms with van der Waals surface area (Å²) in [6, 6.07) is 0. The summed E-state index contributed by atoms with van der Waals surface area (Å²) in [6.45, 7) is 13.3. The number of hydrogen-bond donors (Lipinski definition) is 0. The number of allylic oxidation sites excluding steroid dienone is 3. The molecule has 0 heterocycles. The molecule has 0 amide bonds. The molecule has 0 bridgehead atoms. The van der Waals surface area contributed by atoms with Gasteiger partial charge in [-0.25, -0.2) is 0 Å².